The van der Waals surface area contributed by atoms with Gasteiger partial charge in [0, 0.05) is 31.2 Å². The van der Waals surface area contributed by atoms with Gasteiger partial charge in [-0.15, -0.1) is 0 Å². The van der Waals surface area contributed by atoms with Crippen LogP contribution in [0.5, 0.6) is 0 Å². The first kappa shape index (κ1) is 25.4. The number of aryl methyl sites for hydroxylation is 1. The number of guanidine groups is 2. The number of carbonyl (C=O) groups is 3. The summed E-state index contributed by atoms with van der Waals surface area (Å²) in [6, 6.07) is 1.47. The van der Waals surface area contributed by atoms with E-state index in [1.807, 2.05) is 0 Å². The molecule has 0 aromatic heterocycles. The zero-order valence-corrected chi connectivity index (χ0v) is 20.8. The van der Waals surface area contributed by atoms with Gasteiger partial charge < -0.3 is 21.3 Å². The largest absolute Gasteiger partial charge is 0.370 e. The van der Waals surface area contributed by atoms with Gasteiger partial charge in [0.1, 0.15) is 12.1 Å². The van der Waals surface area contributed by atoms with Gasteiger partial charge in [0.2, 0.25) is 17.6 Å². The molecule has 15 heteroatoms. The summed E-state index contributed by atoms with van der Waals surface area (Å²) in [5.41, 5.74) is 11.3. The summed E-state index contributed by atoms with van der Waals surface area (Å²) in [6.07, 6.45) is -0.644. The third kappa shape index (κ3) is 3.66. The van der Waals surface area contributed by atoms with Gasteiger partial charge in [-0.05, 0) is 23.6 Å². The molecule has 6 rings (SSSR count). The lowest BCUT2D eigenvalue weighted by atomic mass is 9.84. The molecule has 4 aliphatic heterocycles. The number of imide groups is 1. The maximum atomic E-state index is 14.2. The van der Waals surface area contributed by atoms with Crippen LogP contribution in [0.1, 0.15) is 40.7 Å². The SMILES string of the molecule is NC1=N[C@@H](CN2C(=O)CCC2=O)[C@@H]2[NH+]=C(N)N[C@]23N1CC(NC(=O)c1cccc2c1CC(F)(F)CC2)C3(O)O. The number of nitrogens with two attached hydrogens (primary N) is 2. The van der Waals surface area contributed by atoms with Gasteiger partial charge in [-0.1, -0.05) is 12.1 Å². The second-order valence-electron chi connectivity index (χ2n) is 10.7. The van der Waals surface area contributed by atoms with Crippen LogP contribution in [0.15, 0.2) is 23.2 Å². The van der Waals surface area contributed by atoms with Crippen LogP contribution < -0.4 is 27.1 Å². The van der Waals surface area contributed by atoms with E-state index < -0.39 is 47.8 Å². The second-order valence-corrected chi connectivity index (χ2v) is 10.7. The highest BCUT2D eigenvalue weighted by Gasteiger charge is 2.76. The fourth-order valence-corrected chi connectivity index (χ4v) is 6.53. The number of fused-ring (bicyclic) bond motifs is 1. The fourth-order valence-electron chi connectivity index (χ4n) is 6.53. The van der Waals surface area contributed by atoms with Gasteiger partial charge in [0.05, 0.1) is 13.1 Å². The van der Waals surface area contributed by atoms with E-state index in [1.165, 1.54) is 11.0 Å². The highest BCUT2D eigenvalue weighted by atomic mass is 19.3. The zero-order chi connectivity index (χ0) is 27.9. The molecule has 0 bridgehead atoms. The Morgan fingerprint density at radius 3 is 2.64 bits per heavy atom. The number of halogens is 2. The van der Waals surface area contributed by atoms with Crippen LogP contribution in [-0.4, -0.2) is 98.2 Å². The average Bonchev–Trinajstić information content (AvgIpc) is 3.46. The van der Waals surface area contributed by atoms with E-state index in [-0.39, 0.29) is 73.6 Å². The predicted molar refractivity (Wildman–Crippen MR) is 130 cm³/mol. The van der Waals surface area contributed by atoms with Crippen molar-refractivity contribution in [2.24, 2.45) is 16.5 Å². The van der Waals surface area contributed by atoms with Crippen LogP contribution >= 0.6 is 0 Å². The fraction of sp³-hybridized carbons (Fsp3) is 0.542. The lowest BCUT2D eigenvalue weighted by Crippen LogP contribution is -2.90. The van der Waals surface area contributed by atoms with Gasteiger partial charge in [0.15, 0.2) is 12.0 Å². The van der Waals surface area contributed by atoms with Gasteiger partial charge in [-0.3, -0.25) is 34.9 Å². The monoisotopic (exact) mass is 547 g/mol. The number of benzene rings is 1. The zero-order valence-electron chi connectivity index (χ0n) is 20.8. The predicted octanol–water partition coefficient (Wildman–Crippen LogP) is -4.19. The molecule has 208 valence electrons. The molecule has 1 spiro atoms. The van der Waals surface area contributed by atoms with Crippen molar-refractivity contribution in [3.05, 3.63) is 34.9 Å². The number of aliphatic imine (C=N–C) groups is 1. The van der Waals surface area contributed by atoms with Crippen LogP contribution in [-0.2, 0) is 22.4 Å². The summed E-state index contributed by atoms with van der Waals surface area (Å²) in [5.74, 6) is -7.33. The number of alkyl halides is 2. The van der Waals surface area contributed by atoms with Gasteiger partial charge in [-0.2, -0.15) is 0 Å². The van der Waals surface area contributed by atoms with Crippen molar-refractivity contribution in [1.82, 2.24) is 20.4 Å². The van der Waals surface area contributed by atoms with Crippen molar-refractivity contribution >= 4 is 29.6 Å². The minimum absolute atomic E-state index is 0.0238. The number of likely N-dealkylation sites (tertiary alicyclic amines) is 1. The quantitative estimate of drug-likeness (QED) is 0.144. The molecule has 13 nitrogen and oxygen atoms in total. The lowest BCUT2D eigenvalue weighted by molar-refractivity contribution is -0.521. The first-order valence-electron chi connectivity index (χ1n) is 12.7. The van der Waals surface area contributed by atoms with Crippen LogP contribution in [0.3, 0.4) is 0 Å². The third-order valence-electron chi connectivity index (χ3n) is 8.43. The molecular formula is C24H29F2N8O5+. The molecule has 3 amide bonds. The number of hydrogen-bond donors (Lipinski definition) is 7. The van der Waals surface area contributed by atoms with Crippen LogP contribution in [0.25, 0.3) is 0 Å². The molecule has 2 fully saturated rings. The highest BCUT2D eigenvalue weighted by molar-refractivity contribution is 6.02. The smallest absolute Gasteiger partial charge is 0.343 e. The summed E-state index contributed by atoms with van der Waals surface area (Å²) in [7, 11) is 0. The summed E-state index contributed by atoms with van der Waals surface area (Å²) in [6.45, 7) is -0.385. The van der Waals surface area contributed by atoms with Gasteiger partial charge in [0.25, 0.3) is 17.5 Å². The Hall–Kier alpha value is -3.85. The standard InChI is InChI=1S/C24H28F2N8O5/c25-22(26)7-6-11-2-1-3-12(13(11)8-22)19(37)30-15-10-34-21(28)29-14(9-33-16(35)4-5-17(33)36)18-23(34,24(15,38)39)32-20(27)31-18/h1-3,14-15,18,38-39H,4-10H2,(H2,28,29)(H,30,37)(H3,27,31,32)/p+1/t14-,15?,18-,23-/m0/s1. The number of aliphatic hydroxyl groups is 2. The molecule has 5 aliphatic rings. The second kappa shape index (κ2) is 8.32. The number of amides is 3. The van der Waals surface area contributed by atoms with Crippen molar-refractivity contribution in [3.8, 4) is 0 Å². The molecule has 0 saturated carbocycles. The van der Waals surface area contributed by atoms with Crippen molar-refractivity contribution in [2.45, 2.75) is 67.6 Å². The van der Waals surface area contributed by atoms with E-state index in [9.17, 15) is 33.4 Å². The van der Waals surface area contributed by atoms with Crippen LogP contribution in [0.2, 0.25) is 0 Å². The molecule has 39 heavy (non-hydrogen) atoms. The van der Waals surface area contributed by atoms with Crippen molar-refractivity contribution in [2.75, 3.05) is 13.1 Å². The van der Waals surface area contributed by atoms with Crippen LogP contribution in [0, 0.1) is 0 Å². The molecule has 1 aromatic carbocycles. The maximum Gasteiger partial charge on any atom is 0.343 e. The van der Waals surface area contributed by atoms with E-state index in [0.29, 0.717) is 5.56 Å². The maximum absolute atomic E-state index is 14.2. The number of carbonyl (C=O) groups excluding carboxylic acids is 3. The van der Waals surface area contributed by atoms with E-state index in [0.717, 1.165) is 4.90 Å². The van der Waals surface area contributed by atoms with Crippen LogP contribution in [0.4, 0.5) is 8.78 Å². The molecule has 1 aliphatic carbocycles. The van der Waals surface area contributed by atoms with E-state index >= 15 is 0 Å². The minimum Gasteiger partial charge on any atom is -0.370 e. The van der Waals surface area contributed by atoms with Crippen molar-refractivity contribution in [1.29, 1.82) is 0 Å². The molecular weight excluding hydrogens is 518 g/mol. The van der Waals surface area contributed by atoms with Gasteiger partial charge >= 0.3 is 5.96 Å². The Morgan fingerprint density at radius 1 is 1.21 bits per heavy atom. The summed E-state index contributed by atoms with van der Waals surface area (Å²) in [4.78, 5) is 47.6. The Labute approximate surface area is 220 Å². The molecule has 0 radical (unpaired) electrons. The number of nitrogens with one attached hydrogen (secondary N) is 3. The van der Waals surface area contributed by atoms with Crippen molar-refractivity contribution in [3.63, 3.8) is 0 Å². The first-order chi connectivity index (χ1) is 18.3. The molecule has 2 saturated heterocycles. The average molecular weight is 548 g/mol. The Bertz CT molecular complexity index is 1330. The molecule has 4 heterocycles. The summed E-state index contributed by atoms with van der Waals surface area (Å²) < 4.78 is 28.4. The minimum atomic E-state index is -2.95. The van der Waals surface area contributed by atoms with E-state index in [2.05, 4.69) is 20.6 Å². The number of rotatable bonds is 4. The lowest BCUT2D eigenvalue weighted by Gasteiger charge is -2.46. The van der Waals surface area contributed by atoms with E-state index in [1.54, 1.807) is 12.1 Å². The highest BCUT2D eigenvalue weighted by Crippen LogP contribution is 2.42. The van der Waals surface area contributed by atoms with Gasteiger partial charge in [-0.25, -0.2) is 19.1 Å². The van der Waals surface area contributed by atoms with Crippen molar-refractivity contribution < 1.29 is 38.4 Å². The Kier molecular flexibility index (Phi) is 5.43. The number of nitrogens with zero attached hydrogens (tertiary/aromatic N) is 3. The first-order valence-corrected chi connectivity index (χ1v) is 12.7. The third-order valence-corrected chi connectivity index (χ3v) is 8.43. The summed E-state index contributed by atoms with van der Waals surface area (Å²) >= 11 is 0. The molecule has 9 N–H and O–H groups in total. The number of hydrogen-bond acceptors (Lipinski definition) is 10. The molecule has 4 atom stereocenters. The Morgan fingerprint density at radius 2 is 1.92 bits per heavy atom. The molecule has 1 aromatic rings. The van der Waals surface area contributed by atoms with E-state index in [4.69, 9.17) is 11.5 Å². The normalized spacial score (nSPS) is 32.2. The Balaban J connectivity index is 1.31. The topological polar surface area (TPSA) is 201 Å². The molecule has 1 unspecified atom stereocenters. The summed E-state index contributed by atoms with van der Waals surface area (Å²) in [5, 5.41) is 28.6.